The number of benzene rings is 1. The van der Waals surface area contributed by atoms with Crippen molar-refractivity contribution in [1.82, 2.24) is 0 Å². The lowest BCUT2D eigenvalue weighted by atomic mass is 10.1. The van der Waals surface area contributed by atoms with Gasteiger partial charge in [-0.1, -0.05) is 12.1 Å². The second-order valence-electron chi connectivity index (χ2n) is 3.12. The third-order valence-electron chi connectivity index (χ3n) is 1.70. The van der Waals surface area contributed by atoms with Crippen molar-refractivity contribution in [2.45, 2.75) is 0 Å². The standard InChI is InChI=1S/C10H11NO3S/c1-15(13,14)7-6-8-2-4-9(5-3-8)10(11)12/h2-7H,1H3,(H2,11,12)/b7-6+. The van der Waals surface area contributed by atoms with E-state index >= 15 is 0 Å². The molecule has 0 fully saturated rings. The number of carbonyl (C=O) groups excluding carboxylic acids is 1. The summed E-state index contributed by atoms with van der Waals surface area (Å²) in [5.74, 6) is -0.506. The molecule has 0 aliphatic carbocycles. The zero-order valence-electron chi connectivity index (χ0n) is 8.17. The summed E-state index contributed by atoms with van der Waals surface area (Å²) in [6, 6.07) is 6.35. The van der Waals surface area contributed by atoms with Crippen LogP contribution in [0.4, 0.5) is 0 Å². The highest BCUT2D eigenvalue weighted by atomic mass is 32.2. The van der Waals surface area contributed by atoms with Gasteiger partial charge in [0.1, 0.15) is 0 Å². The molecule has 2 N–H and O–H groups in total. The number of hydrogen-bond acceptors (Lipinski definition) is 3. The van der Waals surface area contributed by atoms with Crippen LogP contribution in [-0.2, 0) is 9.84 Å². The first-order valence-corrected chi connectivity index (χ1v) is 6.12. The molecule has 1 rings (SSSR count). The van der Waals surface area contributed by atoms with Gasteiger partial charge in [0, 0.05) is 17.2 Å². The topological polar surface area (TPSA) is 77.2 Å². The van der Waals surface area contributed by atoms with Gasteiger partial charge in [0.15, 0.2) is 9.84 Å². The predicted octanol–water partition coefficient (Wildman–Crippen LogP) is 0.801. The first-order valence-electron chi connectivity index (χ1n) is 4.16. The van der Waals surface area contributed by atoms with Crippen LogP contribution in [0, 0.1) is 0 Å². The zero-order valence-corrected chi connectivity index (χ0v) is 8.99. The molecule has 80 valence electrons. The second-order valence-corrected chi connectivity index (χ2v) is 5.05. The number of hydrogen-bond donors (Lipinski definition) is 1. The quantitative estimate of drug-likeness (QED) is 0.826. The molecule has 5 heteroatoms. The van der Waals surface area contributed by atoms with E-state index in [1.54, 1.807) is 24.3 Å². The average molecular weight is 225 g/mol. The highest BCUT2D eigenvalue weighted by Crippen LogP contribution is 2.06. The molecule has 0 aliphatic heterocycles. The lowest BCUT2D eigenvalue weighted by molar-refractivity contribution is 0.100. The summed E-state index contributed by atoms with van der Waals surface area (Å²) >= 11 is 0. The Kier molecular flexibility index (Phi) is 3.26. The Bertz CT molecular complexity index is 486. The molecule has 0 aliphatic rings. The molecule has 0 spiro atoms. The molecule has 4 nitrogen and oxygen atoms in total. The molecule has 0 saturated heterocycles. The average Bonchev–Trinajstić information content (AvgIpc) is 2.14. The van der Waals surface area contributed by atoms with Gasteiger partial charge < -0.3 is 5.73 Å². The van der Waals surface area contributed by atoms with Gasteiger partial charge in [-0.2, -0.15) is 0 Å². The molecular formula is C10H11NO3S. The van der Waals surface area contributed by atoms with Crippen molar-refractivity contribution in [3.05, 3.63) is 40.8 Å². The van der Waals surface area contributed by atoms with E-state index in [2.05, 4.69) is 0 Å². The predicted molar refractivity (Wildman–Crippen MR) is 58.8 cm³/mol. The van der Waals surface area contributed by atoms with Crippen molar-refractivity contribution in [1.29, 1.82) is 0 Å². The Hall–Kier alpha value is -1.62. The van der Waals surface area contributed by atoms with Gasteiger partial charge in [-0.05, 0) is 23.8 Å². The Morgan fingerprint density at radius 2 is 1.80 bits per heavy atom. The van der Waals surface area contributed by atoms with Crippen LogP contribution < -0.4 is 5.73 Å². The molecule has 1 amide bonds. The molecule has 1 aromatic rings. The van der Waals surface area contributed by atoms with E-state index in [4.69, 9.17) is 5.73 Å². The van der Waals surface area contributed by atoms with E-state index in [1.165, 1.54) is 6.08 Å². The molecule has 0 atom stereocenters. The fourth-order valence-electron chi connectivity index (χ4n) is 0.961. The summed E-state index contributed by atoms with van der Waals surface area (Å²) in [4.78, 5) is 10.7. The fraction of sp³-hybridized carbons (Fsp3) is 0.100. The first kappa shape index (κ1) is 11.5. The molecule has 0 saturated carbocycles. The molecule has 0 unspecified atom stereocenters. The maximum atomic E-state index is 10.8. The SMILES string of the molecule is CS(=O)(=O)/C=C/c1ccc(C(N)=O)cc1. The number of nitrogens with two attached hydrogens (primary N) is 1. The van der Waals surface area contributed by atoms with Crippen molar-refractivity contribution in [2.75, 3.05) is 6.26 Å². The highest BCUT2D eigenvalue weighted by Gasteiger charge is 1.98. The Morgan fingerprint density at radius 1 is 1.27 bits per heavy atom. The minimum atomic E-state index is -3.12. The van der Waals surface area contributed by atoms with Gasteiger partial charge in [-0.15, -0.1) is 0 Å². The van der Waals surface area contributed by atoms with Crippen molar-refractivity contribution in [3.8, 4) is 0 Å². The third-order valence-corrected chi connectivity index (χ3v) is 2.33. The smallest absolute Gasteiger partial charge is 0.248 e. The van der Waals surface area contributed by atoms with Crippen LogP contribution in [0.25, 0.3) is 6.08 Å². The molecule has 0 aromatic heterocycles. The number of sulfone groups is 1. The van der Waals surface area contributed by atoms with E-state index in [1.807, 2.05) is 0 Å². The first-order chi connectivity index (χ1) is 6.88. The van der Waals surface area contributed by atoms with Gasteiger partial charge >= 0.3 is 0 Å². The van der Waals surface area contributed by atoms with Gasteiger partial charge in [-0.3, -0.25) is 4.79 Å². The Morgan fingerprint density at radius 3 is 2.20 bits per heavy atom. The second kappa shape index (κ2) is 4.27. The minimum absolute atomic E-state index is 0.395. The summed E-state index contributed by atoms with van der Waals surface area (Å²) in [5, 5.41) is 1.10. The third kappa shape index (κ3) is 3.95. The van der Waals surface area contributed by atoms with Crippen LogP contribution >= 0.6 is 0 Å². The van der Waals surface area contributed by atoms with Crippen LogP contribution in [0.1, 0.15) is 15.9 Å². The molecular weight excluding hydrogens is 214 g/mol. The summed E-state index contributed by atoms with van der Waals surface area (Å²) in [7, 11) is -3.12. The summed E-state index contributed by atoms with van der Waals surface area (Å²) in [6.07, 6.45) is 2.57. The monoisotopic (exact) mass is 225 g/mol. The van der Waals surface area contributed by atoms with Crippen molar-refractivity contribution in [2.24, 2.45) is 5.73 Å². The van der Waals surface area contributed by atoms with Crippen LogP contribution in [0.2, 0.25) is 0 Å². The minimum Gasteiger partial charge on any atom is -0.366 e. The van der Waals surface area contributed by atoms with Crippen LogP contribution in [0.5, 0.6) is 0 Å². The largest absolute Gasteiger partial charge is 0.366 e. The molecule has 1 aromatic carbocycles. The Balaban J connectivity index is 2.91. The van der Waals surface area contributed by atoms with E-state index in [9.17, 15) is 13.2 Å². The molecule has 0 bridgehead atoms. The lowest BCUT2D eigenvalue weighted by Crippen LogP contribution is -2.10. The van der Waals surface area contributed by atoms with Crippen molar-refractivity contribution >= 4 is 21.8 Å². The van der Waals surface area contributed by atoms with E-state index in [0.29, 0.717) is 11.1 Å². The number of primary amides is 1. The van der Waals surface area contributed by atoms with Crippen LogP contribution in [-0.4, -0.2) is 20.6 Å². The van der Waals surface area contributed by atoms with Gasteiger partial charge in [0.2, 0.25) is 5.91 Å². The Labute approximate surface area is 88.3 Å². The van der Waals surface area contributed by atoms with Gasteiger partial charge in [0.05, 0.1) is 0 Å². The number of amides is 1. The van der Waals surface area contributed by atoms with Crippen LogP contribution in [0.15, 0.2) is 29.7 Å². The lowest BCUT2D eigenvalue weighted by Gasteiger charge is -1.96. The maximum absolute atomic E-state index is 10.8. The van der Waals surface area contributed by atoms with Crippen LogP contribution in [0.3, 0.4) is 0 Å². The van der Waals surface area contributed by atoms with E-state index in [0.717, 1.165) is 11.7 Å². The van der Waals surface area contributed by atoms with Gasteiger partial charge in [-0.25, -0.2) is 8.42 Å². The summed E-state index contributed by atoms with van der Waals surface area (Å²) in [5.41, 5.74) is 6.15. The molecule has 0 heterocycles. The normalized spacial score (nSPS) is 11.8. The fourth-order valence-corrected chi connectivity index (χ4v) is 1.36. The van der Waals surface area contributed by atoms with E-state index < -0.39 is 15.7 Å². The molecule has 15 heavy (non-hydrogen) atoms. The summed E-state index contributed by atoms with van der Waals surface area (Å²) < 4.78 is 21.6. The van der Waals surface area contributed by atoms with Gasteiger partial charge in [0.25, 0.3) is 0 Å². The van der Waals surface area contributed by atoms with Crippen molar-refractivity contribution < 1.29 is 13.2 Å². The van der Waals surface area contributed by atoms with Crippen molar-refractivity contribution in [3.63, 3.8) is 0 Å². The number of carbonyl (C=O) groups is 1. The molecule has 0 radical (unpaired) electrons. The summed E-state index contributed by atoms with van der Waals surface area (Å²) in [6.45, 7) is 0. The van der Waals surface area contributed by atoms with E-state index in [-0.39, 0.29) is 0 Å². The highest BCUT2D eigenvalue weighted by molar-refractivity contribution is 7.93. The number of rotatable bonds is 3. The maximum Gasteiger partial charge on any atom is 0.248 e. The zero-order chi connectivity index (χ0) is 11.5.